The Morgan fingerprint density at radius 3 is 2.96 bits per heavy atom. The molecule has 130 valence electrons. The summed E-state index contributed by atoms with van der Waals surface area (Å²) in [4.78, 5) is 17.8. The summed E-state index contributed by atoms with van der Waals surface area (Å²) in [7, 11) is 0. The molecule has 4 rings (SSSR count). The van der Waals surface area contributed by atoms with Crippen molar-refractivity contribution in [2.75, 3.05) is 5.75 Å². The molecule has 5 nitrogen and oxygen atoms in total. The van der Waals surface area contributed by atoms with Crippen LogP contribution in [0.2, 0.25) is 0 Å². The topological polar surface area (TPSA) is 57.1 Å². The maximum atomic E-state index is 12.8. The van der Waals surface area contributed by atoms with Crippen LogP contribution in [-0.2, 0) is 4.79 Å². The van der Waals surface area contributed by atoms with Gasteiger partial charge in [-0.1, -0.05) is 48.5 Å². The molecule has 25 heavy (non-hydrogen) atoms. The van der Waals surface area contributed by atoms with Crippen molar-refractivity contribution < 1.29 is 4.79 Å². The van der Waals surface area contributed by atoms with Crippen LogP contribution in [-0.4, -0.2) is 28.0 Å². The summed E-state index contributed by atoms with van der Waals surface area (Å²) in [5, 5.41) is 12.0. The highest BCUT2D eigenvalue weighted by Gasteiger charge is 2.37. The molecule has 2 atom stereocenters. The van der Waals surface area contributed by atoms with Crippen molar-refractivity contribution in [2.45, 2.75) is 39.3 Å². The quantitative estimate of drug-likeness (QED) is 0.826. The van der Waals surface area contributed by atoms with Gasteiger partial charge in [0.05, 0.1) is 5.36 Å². The fourth-order valence-corrected chi connectivity index (χ4v) is 4.20. The molecule has 0 unspecified atom stereocenters. The lowest BCUT2D eigenvalue weighted by atomic mass is 9.87. The molecule has 1 aromatic carbocycles. The summed E-state index contributed by atoms with van der Waals surface area (Å²) < 4.78 is 0. The molecule has 0 radical (unpaired) electrons. The van der Waals surface area contributed by atoms with Crippen LogP contribution in [0.5, 0.6) is 0 Å². The van der Waals surface area contributed by atoms with Gasteiger partial charge in [-0.25, -0.2) is 5.01 Å². The number of hydrazone groups is 1. The minimum atomic E-state index is -0.118. The molecule has 1 aliphatic carbocycles. The van der Waals surface area contributed by atoms with E-state index >= 15 is 0 Å². The minimum Gasteiger partial charge on any atom is -0.298 e. The largest absolute Gasteiger partial charge is 0.298 e. The van der Waals surface area contributed by atoms with Crippen LogP contribution in [0.25, 0.3) is 5.70 Å². The number of carbonyl (C=O) groups excluding carboxylic acids is 1. The summed E-state index contributed by atoms with van der Waals surface area (Å²) >= 11 is 1.55. The lowest BCUT2D eigenvalue weighted by molar-refractivity contribution is -0.116. The van der Waals surface area contributed by atoms with E-state index in [-0.39, 0.29) is 12.1 Å². The first-order valence-corrected chi connectivity index (χ1v) is 9.80. The number of rotatable bonds is 2. The van der Waals surface area contributed by atoms with E-state index in [1.165, 1.54) is 5.57 Å². The van der Waals surface area contributed by atoms with Gasteiger partial charge in [0, 0.05) is 11.1 Å². The van der Waals surface area contributed by atoms with Gasteiger partial charge in [0.25, 0.3) is 5.91 Å². The van der Waals surface area contributed by atoms with E-state index in [2.05, 4.69) is 25.2 Å². The fraction of sp³-hybridized carbons (Fsp3) is 0.421. The second-order valence-electron chi connectivity index (χ2n) is 6.63. The summed E-state index contributed by atoms with van der Waals surface area (Å²) in [5.41, 5.74) is 2.07. The van der Waals surface area contributed by atoms with E-state index in [1.807, 2.05) is 29.3 Å². The van der Waals surface area contributed by atoms with Gasteiger partial charge in [-0.3, -0.25) is 15.1 Å². The molecule has 2 heterocycles. The average Bonchev–Trinajstić information content (AvgIpc) is 2.62. The maximum absolute atomic E-state index is 12.8. The first-order valence-electron chi connectivity index (χ1n) is 8.82. The third-order valence-corrected chi connectivity index (χ3v) is 5.67. The number of thioether (sulfide) groups is 1. The number of nitrogens with one attached hydrogen (secondary N) is 1. The smallest absolute Gasteiger partial charge is 0.276 e. The normalized spacial score (nSPS) is 25.3. The summed E-state index contributed by atoms with van der Waals surface area (Å²) in [6, 6.07) is 7.86. The number of carbonyl (C=O) groups is 1. The maximum Gasteiger partial charge on any atom is 0.276 e. The average molecular weight is 354 g/mol. The van der Waals surface area contributed by atoms with Gasteiger partial charge >= 0.3 is 0 Å². The Hall–Kier alpha value is -2.08. The number of fused-ring (bicyclic) bond motifs is 2. The van der Waals surface area contributed by atoms with E-state index in [0.717, 1.165) is 35.6 Å². The number of hydrogen-bond acceptors (Lipinski definition) is 5. The van der Waals surface area contributed by atoms with Crippen LogP contribution in [0.3, 0.4) is 0 Å². The predicted octanol–water partition coefficient (Wildman–Crippen LogP) is 1.96. The monoisotopic (exact) mass is 354 g/mol. The second-order valence-corrected chi connectivity index (χ2v) is 7.88. The van der Waals surface area contributed by atoms with Gasteiger partial charge in [0.15, 0.2) is 5.17 Å². The zero-order valence-corrected chi connectivity index (χ0v) is 15.3. The standard InChI is InChI=1S/C19H22N4OS/c1-3-25-19-21-18(24)16-14-6-4-5-7-15(14)20-17(23(16)22-19)13-10-8-12(2)9-11-13/h4-8,13,17H,3,9-11H2,1-2H3,(H,21,22,24)/t13-,17+/m1/s1. The summed E-state index contributed by atoms with van der Waals surface area (Å²) in [6.07, 6.45) is 5.34. The molecule has 6 heteroatoms. The van der Waals surface area contributed by atoms with Crippen LogP contribution in [0.1, 0.15) is 33.1 Å². The van der Waals surface area contributed by atoms with E-state index < -0.39 is 0 Å². The fourth-order valence-electron chi connectivity index (χ4n) is 3.62. The highest BCUT2D eigenvalue weighted by molar-refractivity contribution is 8.13. The van der Waals surface area contributed by atoms with Gasteiger partial charge in [0.1, 0.15) is 11.9 Å². The number of nitrogens with zero attached hydrogens (tertiary/aromatic N) is 3. The summed E-state index contributed by atoms with van der Waals surface area (Å²) in [5.74, 6) is 1.15. The Balaban J connectivity index is 1.84. The Labute approximate surface area is 151 Å². The van der Waals surface area contributed by atoms with E-state index in [4.69, 9.17) is 10.1 Å². The molecule has 0 saturated heterocycles. The molecule has 0 bridgehead atoms. The Morgan fingerprint density at radius 1 is 1.36 bits per heavy atom. The van der Waals surface area contributed by atoms with E-state index in [1.54, 1.807) is 11.8 Å². The molecule has 2 aliphatic heterocycles. The van der Waals surface area contributed by atoms with E-state index in [9.17, 15) is 4.79 Å². The predicted molar refractivity (Wildman–Crippen MR) is 101 cm³/mol. The molecule has 1 aromatic rings. The van der Waals surface area contributed by atoms with Crippen LogP contribution >= 0.6 is 11.8 Å². The second kappa shape index (κ2) is 6.67. The first-order chi connectivity index (χ1) is 12.2. The molecule has 3 aliphatic rings. The van der Waals surface area contributed by atoms with Crippen molar-refractivity contribution in [2.24, 2.45) is 16.0 Å². The molecule has 0 spiro atoms. The summed E-state index contributed by atoms with van der Waals surface area (Å²) in [6.45, 7) is 4.24. The van der Waals surface area contributed by atoms with Gasteiger partial charge in [-0.15, -0.1) is 5.10 Å². The Kier molecular flexibility index (Phi) is 4.37. The molecule has 0 aromatic heterocycles. The van der Waals surface area contributed by atoms with Crippen molar-refractivity contribution in [1.29, 1.82) is 0 Å². The van der Waals surface area contributed by atoms with Crippen LogP contribution in [0.4, 0.5) is 0 Å². The van der Waals surface area contributed by atoms with Crippen molar-refractivity contribution in [1.82, 2.24) is 10.3 Å². The molecule has 0 saturated carbocycles. The highest BCUT2D eigenvalue weighted by Crippen LogP contribution is 2.32. The van der Waals surface area contributed by atoms with Gasteiger partial charge < -0.3 is 0 Å². The first kappa shape index (κ1) is 16.4. The number of para-hydroxylation sites is 1. The van der Waals surface area contributed by atoms with Gasteiger partial charge in [-0.2, -0.15) is 0 Å². The molecule has 0 fully saturated rings. The highest BCUT2D eigenvalue weighted by atomic mass is 32.2. The molecule has 1 amide bonds. The van der Waals surface area contributed by atoms with Crippen LogP contribution in [0, 0.1) is 5.92 Å². The number of amidine groups is 1. The molecular weight excluding hydrogens is 332 g/mol. The number of hydrogen-bond donors (Lipinski definition) is 1. The van der Waals surface area contributed by atoms with Gasteiger partial charge in [-0.05, 0) is 38.0 Å². The van der Waals surface area contributed by atoms with Crippen molar-refractivity contribution in [3.8, 4) is 0 Å². The third kappa shape index (κ3) is 2.99. The van der Waals surface area contributed by atoms with Crippen LogP contribution in [0.15, 0.2) is 46.0 Å². The van der Waals surface area contributed by atoms with E-state index in [0.29, 0.717) is 16.8 Å². The van der Waals surface area contributed by atoms with Gasteiger partial charge in [0.2, 0.25) is 0 Å². The van der Waals surface area contributed by atoms with Crippen LogP contribution < -0.4 is 15.9 Å². The van der Waals surface area contributed by atoms with Crippen molar-refractivity contribution in [3.05, 3.63) is 46.5 Å². The lowest BCUT2D eigenvalue weighted by Crippen LogP contribution is -2.54. The number of amides is 1. The van der Waals surface area contributed by atoms with Crippen molar-refractivity contribution in [3.63, 3.8) is 0 Å². The number of benzene rings is 1. The SMILES string of the molecule is CCSC1=NN2C(=c3ccccc3=N[C@@H]2[C@@H]2CC=C(C)CC2)C(=O)N1. The zero-order chi connectivity index (χ0) is 17.4. The third-order valence-electron chi connectivity index (χ3n) is 4.93. The molecular formula is C19H22N4OS. The minimum absolute atomic E-state index is 0.0826. The zero-order valence-electron chi connectivity index (χ0n) is 14.5. The lowest BCUT2D eigenvalue weighted by Gasteiger charge is -2.38. The number of allylic oxidation sites excluding steroid dienone is 2. The Morgan fingerprint density at radius 2 is 2.20 bits per heavy atom. The van der Waals surface area contributed by atoms with Crippen molar-refractivity contribution >= 4 is 28.5 Å². The Bertz CT molecular complexity index is 889. The molecule has 1 N–H and O–H groups in total.